The molecule has 0 saturated carbocycles. The lowest BCUT2D eigenvalue weighted by molar-refractivity contribution is 0.606. The molecular weight excluding hydrogens is 201 g/mol. The molecule has 1 atom stereocenters. The molecule has 14 heavy (non-hydrogen) atoms. The second kappa shape index (κ2) is 5.13. The molecule has 0 aliphatic carbocycles. The van der Waals surface area contributed by atoms with Crippen molar-refractivity contribution < 1.29 is 4.39 Å². The summed E-state index contributed by atoms with van der Waals surface area (Å²) in [5, 5.41) is 3.64. The van der Waals surface area contributed by atoms with Gasteiger partial charge in [0.05, 0.1) is 0 Å². The molecule has 0 aliphatic rings. The van der Waals surface area contributed by atoms with E-state index in [0.717, 1.165) is 5.56 Å². The minimum atomic E-state index is -0.310. The van der Waals surface area contributed by atoms with E-state index in [9.17, 15) is 4.39 Å². The maximum atomic E-state index is 12.7. The van der Waals surface area contributed by atoms with Crippen LogP contribution in [-0.2, 0) is 0 Å². The summed E-state index contributed by atoms with van der Waals surface area (Å²) in [6.45, 7) is 6.29. The number of nitrogens with one attached hydrogen (secondary N) is 1. The highest BCUT2D eigenvalue weighted by Gasteiger charge is 2.08. The predicted molar refractivity (Wildman–Crippen MR) is 58.0 cm³/mol. The summed E-state index contributed by atoms with van der Waals surface area (Å²) >= 11 is 5.90. The van der Waals surface area contributed by atoms with Crippen LogP contribution in [0, 0.1) is 5.82 Å². The minimum Gasteiger partial charge on any atom is -0.307 e. The minimum absolute atomic E-state index is 0.0982. The van der Waals surface area contributed by atoms with E-state index in [1.165, 1.54) is 12.1 Å². The molecule has 0 spiro atoms. The summed E-state index contributed by atoms with van der Waals surface area (Å²) in [5.74, 6) is -0.310. The normalized spacial score (nSPS) is 12.5. The van der Waals surface area contributed by atoms with Crippen molar-refractivity contribution in [3.05, 3.63) is 47.3 Å². The monoisotopic (exact) mass is 213 g/mol. The fourth-order valence-electron chi connectivity index (χ4n) is 1.22. The predicted octanol–water partition coefficient (Wildman–Crippen LogP) is 3.32. The number of rotatable bonds is 4. The first kappa shape index (κ1) is 11.2. The first-order valence-electron chi connectivity index (χ1n) is 4.44. The Morgan fingerprint density at radius 1 is 1.64 bits per heavy atom. The zero-order chi connectivity index (χ0) is 10.6. The molecule has 1 nitrogen and oxygen atoms in total. The molecule has 0 bridgehead atoms. The summed E-state index contributed by atoms with van der Waals surface area (Å²) in [4.78, 5) is 0. The van der Waals surface area contributed by atoms with Gasteiger partial charge in [-0.15, -0.1) is 6.58 Å². The topological polar surface area (TPSA) is 12.0 Å². The van der Waals surface area contributed by atoms with Crippen molar-refractivity contribution in [2.75, 3.05) is 6.54 Å². The Bertz CT molecular complexity index is 325. The first-order chi connectivity index (χ1) is 6.65. The van der Waals surface area contributed by atoms with E-state index in [2.05, 4.69) is 11.9 Å². The van der Waals surface area contributed by atoms with E-state index in [0.29, 0.717) is 11.6 Å². The third-order valence-electron chi connectivity index (χ3n) is 2.00. The number of benzene rings is 1. The summed E-state index contributed by atoms with van der Waals surface area (Å²) in [7, 11) is 0. The van der Waals surface area contributed by atoms with Crippen molar-refractivity contribution in [3.8, 4) is 0 Å². The number of hydrogen-bond donors (Lipinski definition) is 1. The quantitative estimate of drug-likeness (QED) is 0.757. The van der Waals surface area contributed by atoms with Crippen LogP contribution in [-0.4, -0.2) is 6.54 Å². The molecule has 0 aromatic heterocycles. The fourth-order valence-corrected chi connectivity index (χ4v) is 1.55. The second-order valence-electron chi connectivity index (χ2n) is 3.08. The van der Waals surface area contributed by atoms with Crippen molar-refractivity contribution in [1.29, 1.82) is 0 Å². The van der Waals surface area contributed by atoms with Crippen LogP contribution in [0.15, 0.2) is 30.9 Å². The van der Waals surface area contributed by atoms with Crippen LogP contribution >= 0.6 is 11.6 Å². The lowest BCUT2D eigenvalue weighted by Gasteiger charge is -2.14. The Labute approximate surface area is 88.6 Å². The van der Waals surface area contributed by atoms with E-state index in [4.69, 9.17) is 11.6 Å². The van der Waals surface area contributed by atoms with Crippen LogP contribution in [0.3, 0.4) is 0 Å². The smallest absolute Gasteiger partial charge is 0.124 e. The van der Waals surface area contributed by atoms with Gasteiger partial charge in [-0.25, -0.2) is 4.39 Å². The largest absolute Gasteiger partial charge is 0.307 e. The zero-order valence-electron chi connectivity index (χ0n) is 8.06. The summed E-state index contributed by atoms with van der Waals surface area (Å²) in [5.41, 5.74) is 0.898. The average Bonchev–Trinajstić information content (AvgIpc) is 2.14. The summed E-state index contributed by atoms with van der Waals surface area (Å²) in [6, 6.07) is 4.52. The van der Waals surface area contributed by atoms with E-state index >= 15 is 0 Å². The van der Waals surface area contributed by atoms with Gasteiger partial charge in [-0.2, -0.15) is 0 Å². The highest BCUT2D eigenvalue weighted by molar-refractivity contribution is 6.31. The second-order valence-corrected chi connectivity index (χ2v) is 3.49. The Balaban J connectivity index is 2.78. The Morgan fingerprint density at radius 2 is 2.36 bits per heavy atom. The number of halogens is 2. The molecule has 1 aromatic carbocycles. The maximum absolute atomic E-state index is 12.7. The van der Waals surface area contributed by atoms with Gasteiger partial charge in [0.2, 0.25) is 0 Å². The van der Waals surface area contributed by atoms with Crippen molar-refractivity contribution >= 4 is 11.6 Å². The molecule has 0 heterocycles. The molecule has 1 unspecified atom stereocenters. The molecule has 3 heteroatoms. The molecule has 1 aromatic rings. The first-order valence-corrected chi connectivity index (χ1v) is 4.82. The van der Waals surface area contributed by atoms with Crippen molar-refractivity contribution in [2.24, 2.45) is 0 Å². The standard InChI is InChI=1S/C11H13ClFN/c1-3-6-14-8(2)10-5-4-9(13)7-11(10)12/h3-5,7-8,14H,1,6H2,2H3. The summed E-state index contributed by atoms with van der Waals surface area (Å²) < 4.78 is 12.7. The Morgan fingerprint density at radius 3 is 2.93 bits per heavy atom. The molecule has 0 radical (unpaired) electrons. The van der Waals surface area contributed by atoms with Crippen LogP contribution in [0.5, 0.6) is 0 Å². The molecule has 1 rings (SSSR count). The SMILES string of the molecule is C=CCNC(C)c1ccc(F)cc1Cl. The van der Waals surface area contributed by atoms with E-state index in [1.807, 2.05) is 6.92 Å². The van der Waals surface area contributed by atoms with Gasteiger partial charge >= 0.3 is 0 Å². The van der Waals surface area contributed by atoms with Crippen molar-refractivity contribution in [3.63, 3.8) is 0 Å². The summed E-state index contributed by atoms with van der Waals surface area (Å²) in [6.07, 6.45) is 1.77. The average molecular weight is 214 g/mol. The molecule has 76 valence electrons. The van der Waals surface area contributed by atoms with Crippen molar-refractivity contribution in [2.45, 2.75) is 13.0 Å². The van der Waals surface area contributed by atoms with Gasteiger partial charge in [-0.1, -0.05) is 23.7 Å². The zero-order valence-corrected chi connectivity index (χ0v) is 8.81. The van der Waals surface area contributed by atoms with Gasteiger partial charge in [-0.05, 0) is 24.6 Å². The molecule has 1 N–H and O–H groups in total. The van der Waals surface area contributed by atoms with Gasteiger partial charge in [-0.3, -0.25) is 0 Å². The van der Waals surface area contributed by atoms with Crippen LogP contribution in [0.1, 0.15) is 18.5 Å². The third-order valence-corrected chi connectivity index (χ3v) is 2.32. The fraction of sp³-hybridized carbons (Fsp3) is 0.273. The van der Waals surface area contributed by atoms with Gasteiger partial charge < -0.3 is 5.32 Å². The van der Waals surface area contributed by atoms with Gasteiger partial charge in [0.1, 0.15) is 5.82 Å². The van der Waals surface area contributed by atoms with Gasteiger partial charge in [0, 0.05) is 17.6 Å². The molecule has 0 aliphatic heterocycles. The van der Waals surface area contributed by atoms with E-state index in [1.54, 1.807) is 12.1 Å². The van der Waals surface area contributed by atoms with Gasteiger partial charge in [0.15, 0.2) is 0 Å². The van der Waals surface area contributed by atoms with Crippen LogP contribution in [0.25, 0.3) is 0 Å². The number of hydrogen-bond acceptors (Lipinski definition) is 1. The van der Waals surface area contributed by atoms with Crippen LogP contribution in [0.4, 0.5) is 4.39 Å². The molecule has 0 fully saturated rings. The molecule has 0 amide bonds. The highest BCUT2D eigenvalue weighted by atomic mass is 35.5. The third kappa shape index (κ3) is 2.82. The highest BCUT2D eigenvalue weighted by Crippen LogP contribution is 2.23. The maximum Gasteiger partial charge on any atom is 0.124 e. The van der Waals surface area contributed by atoms with Gasteiger partial charge in [0.25, 0.3) is 0 Å². The molecular formula is C11H13ClFN. The lowest BCUT2D eigenvalue weighted by Crippen LogP contribution is -2.18. The molecule has 0 saturated heterocycles. The Hall–Kier alpha value is -0.860. The van der Waals surface area contributed by atoms with Crippen molar-refractivity contribution in [1.82, 2.24) is 5.32 Å². The Kier molecular flexibility index (Phi) is 4.11. The van der Waals surface area contributed by atoms with Crippen LogP contribution in [0.2, 0.25) is 5.02 Å². The van der Waals surface area contributed by atoms with E-state index in [-0.39, 0.29) is 11.9 Å². The lowest BCUT2D eigenvalue weighted by atomic mass is 10.1. The van der Waals surface area contributed by atoms with Crippen LogP contribution < -0.4 is 5.32 Å². The van der Waals surface area contributed by atoms with E-state index < -0.39 is 0 Å².